The molecule has 2 aromatic heterocycles. The summed E-state index contributed by atoms with van der Waals surface area (Å²) in [5, 5.41) is 0. The second-order valence-corrected chi connectivity index (χ2v) is 3.77. The number of pyridine rings is 1. The fraction of sp³-hybridized carbons (Fsp3) is 0. The van der Waals surface area contributed by atoms with Crippen LogP contribution in [-0.4, -0.2) is 10.3 Å². The lowest BCUT2D eigenvalue weighted by Crippen LogP contribution is -2.09. The maximum Gasteiger partial charge on any atom is 0.248 e. The Morgan fingerprint density at radius 1 is 0.833 bits per heavy atom. The second kappa shape index (κ2) is 5.68. The lowest BCUT2D eigenvalue weighted by atomic mass is 10.2. The maximum absolute atomic E-state index is 10.4. The number of fused-ring (bicyclic) bond motifs is 1. The molecule has 0 atom stereocenters. The average molecular weight is 238 g/mol. The number of carbonyl (C=O) groups is 1. The zero-order valence-corrected chi connectivity index (χ0v) is 9.86. The minimum Gasteiger partial charge on any atom is -0.366 e. The van der Waals surface area contributed by atoms with E-state index in [2.05, 4.69) is 16.5 Å². The van der Waals surface area contributed by atoms with E-state index in [1.165, 1.54) is 5.52 Å². The predicted octanol–water partition coefficient (Wildman–Crippen LogP) is 2.72. The first-order valence-corrected chi connectivity index (χ1v) is 5.64. The Bertz CT molecular complexity index is 599. The molecule has 90 valence electrons. The first kappa shape index (κ1) is 11.9. The summed E-state index contributed by atoms with van der Waals surface area (Å²) in [6.45, 7) is 0. The number of hydrogen-bond donors (Lipinski definition) is 1. The zero-order valence-electron chi connectivity index (χ0n) is 9.86. The molecule has 0 aliphatic carbocycles. The van der Waals surface area contributed by atoms with Crippen molar-refractivity contribution >= 4 is 11.4 Å². The van der Waals surface area contributed by atoms with Gasteiger partial charge in [-0.2, -0.15) is 0 Å². The van der Waals surface area contributed by atoms with Crippen molar-refractivity contribution in [3.05, 3.63) is 78.6 Å². The van der Waals surface area contributed by atoms with Crippen molar-refractivity contribution in [2.75, 3.05) is 0 Å². The number of rotatable bonds is 1. The molecule has 0 saturated carbocycles. The van der Waals surface area contributed by atoms with Gasteiger partial charge in [-0.15, -0.1) is 0 Å². The van der Waals surface area contributed by atoms with Crippen LogP contribution in [0.25, 0.3) is 5.52 Å². The third-order valence-corrected chi connectivity index (χ3v) is 2.49. The Morgan fingerprint density at radius 2 is 1.44 bits per heavy atom. The first-order valence-electron chi connectivity index (χ1n) is 5.64. The summed E-state index contributed by atoms with van der Waals surface area (Å²) in [5.41, 5.74) is 6.78. The fourth-order valence-corrected chi connectivity index (χ4v) is 1.58. The predicted molar refractivity (Wildman–Crippen MR) is 72.4 cm³/mol. The van der Waals surface area contributed by atoms with Crippen LogP contribution in [0.4, 0.5) is 0 Å². The number of hydrogen-bond acceptors (Lipinski definition) is 1. The molecule has 0 bridgehead atoms. The Kier molecular flexibility index (Phi) is 3.76. The molecule has 0 aliphatic rings. The van der Waals surface area contributed by atoms with Gasteiger partial charge < -0.3 is 10.1 Å². The molecule has 3 nitrogen and oxygen atoms in total. The van der Waals surface area contributed by atoms with Gasteiger partial charge in [-0.3, -0.25) is 4.79 Å². The highest BCUT2D eigenvalue weighted by Crippen LogP contribution is 2.01. The minimum atomic E-state index is -0.379. The standard InChI is InChI=1S/C8H7N.C7H7NO/c1-2-6-9-7-3-5-8(9)4-1;8-7(9)6-4-2-1-3-5-6/h1-7H;1-5H,(H2,8,9). The first-order chi connectivity index (χ1) is 8.77. The molecule has 18 heavy (non-hydrogen) atoms. The van der Waals surface area contributed by atoms with Crippen LogP contribution >= 0.6 is 0 Å². The van der Waals surface area contributed by atoms with Crippen molar-refractivity contribution in [1.29, 1.82) is 0 Å². The van der Waals surface area contributed by atoms with Gasteiger partial charge in [0.1, 0.15) is 0 Å². The zero-order chi connectivity index (χ0) is 12.8. The van der Waals surface area contributed by atoms with E-state index in [1.54, 1.807) is 24.3 Å². The quantitative estimate of drug-likeness (QED) is 0.696. The third-order valence-electron chi connectivity index (χ3n) is 2.49. The molecule has 0 spiro atoms. The number of benzene rings is 1. The van der Waals surface area contributed by atoms with Crippen LogP contribution in [0.2, 0.25) is 0 Å². The minimum absolute atomic E-state index is 0.379. The Morgan fingerprint density at radius 3 is 2.06 bits per heavy atom. The summed E-state index contributed by atoms with van der Waals surface area (Å²) < 4.78 is 2.08. The van der Waals surface area contributed by atoms with E-state index in [1.807, 2.05) is 36.7 Å². The topological polar surface area (TPSA) is 47.5 Å². The summed E-state index contributed by atoms with van der Waals surface area (Å²) in [5.74, 6) is -0.379. The lowest BCUT2D eigenvalue weighted by molar-refractivity contribution is 0.100. The Labute approximate surface area is 105 Å². The Hall–Kier alpha value is -2.55. The van der Waals surface area contributed by atoms with E-state index in [-0.39, 0.29) is 5.91 Å². The van der Waals surface area contributed by atoms with Crippen molar-refractivity contribution in [2.45, 2.75) is 0 Å². The fourth-order valence-electron chi connectivity index (χ4n) is 1.58. The van der Waals surface area contributed by atoms with E-state index in [0.717, 1.165) is 0 Å². The summed E-state index contributed by atoms with van der Waals surface area (Å²) in [4.78, 5) is 10.4. The van der Waals surface area contributed by atoms with Crippen molar-refractivity contribution in [1.82, 2.24) is 4.40 Å². The molecule has 1 amide bonds. The molecule has 0 unspecified atom stereocenters. The number of primary amides is 1. The van der Waals surface area contributed by atoms with Crippen LogP contribution in [0.15, 0.2) is 73.1 Å². The molecule has 3 heteroatoms. The lowest BCUT2D eigenvalue weighted by Gasteiger charge is -1.89. The van der Waals surface area contributed by atoms with Gasteiger partial charge in [-0.05, 0) is 36.4 Å². The molecule has 0 radical (unpaired) electrons. The molecule has 2 heterocycles. The van der Waals surface area contributed by atoms with Crippen molar-refractivity contribution in [3.63, 3.8) is 0 Å². The van der Waals surface area contributed by atoms with Gasteiger partial charge in [-0.25, -0.2) is 0 Å². The van der Waals surface area contributed by atoms with Crippen LogP contribution < -0.4 is 5.73 Å². The van der Waals surface area contributed by atoms with Crippen LogP contribution in [-0.2, 0) is 0 Å². The van der Waals surface area contributed by atoms with E-state index >= 15 is 0 Å². The second-order valence-electron chi connectivity index (χ2n) is 3.77. The Balaban J connectivity index is 0.000000134. The van der Waals surface area contributed by atoms with Gasteiger partial charge in [-0.1, -0.05) is 24.3 Å². The van der Waals surface area contributed by atoms with Crippen molar-refractivity contribution < 1.29 is 4.79 Å². The SMILES string of the molecule is NC(=O)c1ccccc1.c1ccn2cccc2c1. The normalized spacial score (nSPS) is 9.56. The van der Waals surface area contributed by atoms with Crippen molar-refractivity contribution in [3.8, 4) is 0 Å². The van der Waals surface area contributed by atoms with Crippen LogP contribution in [0.3, 0.4) is 0 Å². The highest BCUT2D eigenvalue weighted by atomic mass is 16.1. The van der Waals surface area contributed by atoms with E-state index in [4.69, 9.17) is 5.73 Å². The molecule has 3 aromatic rings. The molecule has 0 saturated heterocycles. The molecular formula is C15H14N2O. The maximum atomic E-state index is 10.4. The van der Waals surface area contributed by atoms with Crippen LogP contribution in [0.1, 0.15) is 10.4 Å². The number of nitrogens with two attached hydrogens (primary N) is 1. The summed E-state index contributed by atoms with van der Waals surface area (Å²) in [7, 11) is 0. The van der Waals surface area contributed by atoms with E-state index < -0.39 is 0 Å². The molecule has 0 fully saturated rings. The number of carbonyl (C=O) groups excluding carboxylic acids is 1. The highest BCUT2D eigenvalue weighted by molar-refractivity contribution is 5.92. The van der Waals surface area contributed by atoms with Crippen LogP contribution in [0.5, 0.6) is 0 Å². The van der Waals surface area contributed by atoms with Gasteiger partial charge in [0.25, 0.3) is 0 Å². The summed E-state index contributed by atoms with van der Waals surface area (Å²) in [6, 6.07) is 19.0. The molecule has 2 N–H and O–H groups in total. The van der Waals surface area contributed by atoms with Gasteiger partial charge >= 0.3 is 0 Å². The highest BCUT2D eigenvalue weighted by Gasteiger charge is 1.93. The van der Waals surface area contributed by atoms with E-state index in [0.29, 0.717) is 5.56 Å². The smallest absolute Gasteiger partial charge is 0.248 e. The average Bonchev–Trinajstić information content (AvgIpc) is 2.89. The monoisotopic (exact) mass is 238 g/mol. The number of nitrogens with zero attached hydrogens (tertiary/aromatic N) is 1. The van der Waals surface area contributed by atoms with Gasteiger partial charge in [0.15, 0.2) is 0 Å². The van der Waals surface area contributed by atoms with Crippen molar-refractivity contribution in [2.24, 2.45) is 5.73 Å². The molecule has 3 rings (SSSR count). The number of amides is 1. The van der Waals surface area contributed by atoms with Gasteiger partial charge in [0.05, 0.1) is 0 Å². The molecule has 1 aromatic carbocycles. The molecular weight excluding hydrogens is 224 g/mol. The van der Waals surface area contributed by atoms with Gasteiger partial charge in [0, 0.05) is 23.5 Å². The molecule has 0 aliphatic heterocycles. The largest absolute Gasteiger partial charge is 0.366 e. The third kappa shape index (κ3) is 2.98. The number of aromatic nitrogens is 1. The van der Waals surface area contributed by atoms with E-state index in [9.17, 15) is 4.79 Å². The van der Waals surface area contributed by atoms with Gasteiger partial charge in [0.2, 0.25) is 5.91 Å². The summed E-state index contributed by atoms with van der Waals surface area (Å²) in [6.07, 6.45) is 4.07. The van der Waals surface area contributed by atoms with Crippen LogP contribution in [0, 0.1) is 0 Å². The summed E-state index contributed by atoms with van der Waals surface area (Å²) >= 11 is 0.